The molecule has 0 aliphatic heterocycles. The predicted molar refractivity (Wildman–Crippen MR) is 72.0 cm³/mol. The van der Waals surface area contributed by atoms with Gasteiger partial charge in [0, 0.05) is 6.04 Å². The van der Waals surface area contributed by atoms with Crippen molar-refractivity contribution in [1.29, 1.82) is 0 Å². The molecule has 4 N–H and O–H groups in total. The molecule has 1 aromatic heterocycles. The van der Waals surface area contributed by atoms with Gasteiger partial charge in [0.25, 0.3) is 0 Å². The summed E-state index contributed by atoms with van der Waals surface area (Å²) >= 11 is 0. The minimum atomic E-state index is -4.42. The molecule has 0 saturated heterocycles. The number of hydrazine groups is 1. The number of hydrogen-bond donors (Lipinski definition) is 3. The summed E-state index contributed by atoms with van der Waals surface area (Å²) < 4.78 is 38.4. The summed E-state index contributed by atoms with van der Waals surface area (Å²) in [6.45, 7) is 4.25. The highest BCUT2D eigenvalue weighted by atomic mass is 19.4. The first-order chi connectivity index (χ1) is 9.31. The van der Waals surface area contributed by atoms with E-state index in [2.05, 4.69) is 29.6 Å². The zero-order valence-electron chi connectivity index (χ0n) is 11.5. The highest BCUT2D eigenvalue weighted by molar-refractivity contribution is 5.49. The molecule has 0 amide bonds. The van der Waals surface area contributed by atoms with Gasteiger partial charge in [0.2, 0.25) is 0 Å². The SMILES string of the molecule is CC1CCC(Nc2cc(C(F)(F)F)cc(NN)n2)C1C. The first-order valence-corrected chi connectivity index (χ1v) is 6.63. The fraction of sp³-hybridized carbons (Fsp3) is 0.615. The summed E-state index contributed by atoms with van der Waals surface area (Å²) in [5.41, 5.74) is 1.41. The van der Waals surface area contributed by atoms with E-state index in [4.69, 9.17) is 5.84 Å². The lowest BCUT2D eigenvalue weighted by Crippen LogP contribution is -2.25. The molecule has 1 heterocycles. The second kappa shape index (κ2) is 5.47. The van der Waals surface area contributed by atoms with Gasteiger partial charge in [-0.05, 0) is 36.8 Å². The van der Waals surface area contributed by atoms with Crippen LogP contribution in [0.15, 0.2) is 12.1 Å². The first kappa shape index (κ1) is 14.9. The Kier molecular flexibility index (Phi) is 4.08. The number of alkyl halides is 3. The smallest absolute Gasteiger partial charge is 0.367 e. The minimum absolute atomic E-state index is 0.000948. The largest absolute Gasteiger partial charge is 0.416 e. The van der Waals surface area contributed by atoms with Crippen LogP contribution in [-0.4, -0.2) is 11.0 Å². The number of halogens is 3. The molecule has 112 valence electrons. The average molecular weight is 288 g/mol. The molecule has 7 heteroatoms. The Hall–Kier alpha value is -1.50. The van der Waals surface area contributed by atoms with Crippen molar-refractivity contribution in [1.82, 2.24) is 4.98 Å². The van der Waals surface area contributed by atoms with Crippen LogP contribution in [0.1, 0.15) is 32.3 Å². The Morgan fingerprint density at radius 1 is 1.20 bits per heavy atom. The number of hydrogen-bond acceptors (Lipinski definition) is 4. The fourth-order valence-corrected chi connectivity index (χ4v) is 2.60. The molecule has 1 fully saturated rings. The molecule has 0 aromatic carbocycles. The van der Waals surface area contributed by atoms with Gasteiger partial charge in [-0.15, -0.1) is 0 Å². The van der Waals surface area contributed by atoms with Crippen LogP contribution in [0.2, 0.25) is 0 Å². The molecular formula is C13H19F3N4. The molecule has 3 unspecified atom stereocenters. The average Bonchev–Trinajstić information content (AvgIpc) is 2.69. The number of nitrogens with zero attached hydrogens (tertiary/aromatic N) is 1. The van der Waals surface area contributed by atoms with Crippen molar-refractivity contribution in [2.24, 2.45) is 17.7 Å². The van der Waals surface area contributed by atoms with E-state index in [1.54, 1.807) is 0 Å². The molecule has 2 rings (SSSR count). The monoisotopic (exact) mass is 288 g/mol. The second-order valence-corrected chi connectivity index (χ2v) is 5.43. The third kappa shape index (κ3) is 3.15. The molecule has 0 radical (unpaired) electrons. The van der Waals surface area contributed by atoms with E-state index in [9.17, 15) is 13.2 Å². The summed E-state index contributed by atoms with van der Waals surface area (Å²) in [6.07, 6.45) is -2.41. The lowest BCUT2D eigenvalue weighted by Gasteiger charge is -2.21. The summed E-state index contributed by atoms with van der Waals surface area (Å²) in [7, 11) is 0. The number of rotatable bonds is 3. The third-order valence-electron chi connectivity index (χ3n) is 4.10. The van der Waals surface area contributed by atoms with Crippen molar-refractivity contribution in [2.45, 2.75) is 38.9 Å². The van der Waals surface area contributed by atoms with E-state index < -0.39 is 11.7 Å². The summed E-state index contributed by atoms with van der Waals surface area (Å²) in [6, 6.07) is 2.06. The van der Waals surface area contributed by atoms with Gasteiger partial charge in [0.1, 0.15) is 11.6 Å². The van der Waals surface area contributed by atoms with E-state index in [0.29, 0.717) is 11.8 Å². The Labute approximate surface area is 115 Å². The zero-order chi connectivity index (χ0) is 14.9. The van der Waals surface area contributed by atoms with E-state index in [0.717, 1.165) is 25.0 Å². The van der Waals surface area contributed by atoms with Crippen LogP contribution in [-0.2, 0) is 6.18 Å². The molecule has 0 spiro atoms. The van der Waals surface area contributed by atoms with Crippen molar-refractivity contribution >= 4 is 11.6 Å². The number of nitrogens with one attached hydrogen (secondary N) is 2. The van der Waals surface area contributed by atoms with Gasteiger partial charge in [0.05, 0.1) is 5.56 Å². The third-order valence-corrected chi connectivity index (χ3v) is 4.10. The molecule has 4 nitrogen and oxygen atoms in total. The highest BCUT2D eigenvalue weighted by Gasteiger charge is 2.33. The van der Waals surface area contributed by atoms with Crippen LogP contribution in [0.4, 0.5) is 24.8 Å². The van der Waals surface area contributed by atoms with Gasteiger partial charge in [-0.25, -0.2) is 10.8 Å². The van der Waals surface area contributed by atoms with Crippen LogP contribution >= 0.6 is 0 Å². The molecule has 3 atom stereocenters. The van der Waals surface area contributed by atoms with Gasteiger partial charge < -0.3 is 10.7 Å². The van der Waals surface area contributed by atoms with Crippen molar-refractivity contribution < 1.29 is 13.2 Å². The maximum Gasteiger partial charge on any atom is 0.416 e. The topological polar surface area (TPSA) is 63.0 Å². The van der Waals surface area contributed by atoms with Crippen molar-refractivity contribution in [3.8, 4) is 0 Å². The van der Waals surface area contributed by atoms with Gasteiger partial charge in [-0.3, -0.25) is 0 Å². The van der Waals surface area contributed by atoms with E-state index in [1.807, 2.05) is 0 Å². The summed E-state index contributed by atoms with van der Waals surface area (Å²) in [5.74, 6) is 6.35. The molecule has 1 saturated carbocycles. The first-order valence-electron chi connectivity index (χ1n) is 6.63. The lowest BCUT2D eigenvalue weighted by molar-refractivity contribution is -0.137. The minimum Gasteiger partial charge on any atom is -0.367 e. The van der Waals surface area contributed by atoms with Gasteiger partial charge in [-0.2, -0.15) is 13.2 Å². The quantitative estimate of drug-likeness (QED) is 0.590. The van der Waals surface area contributed by atoms with Crippen molar-refractivity contribution in [3.05, 3.63) is 17.7 Å². The van der Waals surface area contributed by atoms with Crippen LogP contribution in [0.25, 0.3) is 0 Å². The number of aromatic nitrogens is 1. The molecule has 20 heavy (non-hydrogen) atoms. The van der Waals surface area contributed by atoms with Crippen LogP contribution < -0.4 is 16.6 Å². The predicted octanol–water partition coefficient (Wildman–Crippen LogP) is 3.23. The van der Waals surface area contributed by atoms with E-state index >= 15 is 0 Å². The maximum absolute atomic E-state index is 12.8. The van der Waals surface area contributed by atoms with Crippen molar-refractivity contribution in [3.63, 3.8) is 0 Å². The standard InChI is InChI=1S/C13H19F3N4/c1-7-3-4-10(8(7)2)18-11-5-9(13(14,15)16)6-12(19-11)20-17/h5-8,10H,3-4,17H2,1-2H3,(H2,18,19,20). The molecular weight excluding hydrogens is 269 g/mol. The van der Waals surface area contributed by atoms with Crippen molar-refractivity contribution in [2.75, 3.05) is 10.7 Å². The van der Waals surface area contributed by atoms with E-state index in [-0.39, 0.29) is 17.7 Å². The van der Waals surface area contributed by atoms with Gasteiger partial charge >= 0.3 is 6.18 Å². The van der Waals surface area contributed by atoms with Crippen LogP contribution in [0, 0.1) is 11.8 Å². The number of anilines is 2. The maximum atomic E-state index is 12.8. The second-order valence-electron chi connectivity index (χ2n) is 5.43. The van der Waals surface area contributed by atoms with E-state index in [1.165, 1.54) is 0 Å². The normalized spacial score (nSPS) is 26.6. The molecule has 0 bridgehead atoms. The Bertz CT molecular complexity index is 475. The molecule has 1 aromatic rings. The Morgan fingerprint density at radius 3 is 2.35 bits per heavy atom. The van der Waals surface area contributed by atoms with Gasteiger partial charge in [-0.1, -0.05) is 13.8 Å². The Balaban J connectivity index is 2.23. The van der Waals surface area contributed by atoms with Crippen LogP contribution in [0.5, 0.6) is 0 Å². The number of pyridine rings is 1. The summed E-state index contributed by atoms with van der Waals surface area (Å²) in [5, 5.41) is 3.10. The number of nitrogens with two attached hydrogens (primary N) is 1. The summed E-state index contributed by atoms with van der Waals surface area (Å²) in [4.78, 5) is 4.04. The zero-order valence-corrected chi connectivity index (χ0v) is 11.5. The molecule has 1 aliphatic carbocycles. The fourth-order valence-electron chi connectivity index (χ4n) is 2.60. The van der Waals surface area contributed by atoms with Crippen LogP contribution in [0.3, 0.4) is 0 Å². The highest BCUT2D eigenvalue weighted by Crippen LogP contribution is 2.35. The Morgan fingerprint density at radius 2 is 1.85 bits per heavy atom. The molecule has 1 aliphatic rings. The van der Waals surface area contributed by atoms with Gasteiger partial charge in [0.15, 0.2) is 0 Å². The lowest BCUT2D eigenvalue weighted by atomic mass is 9.98. The number of nitrogen functional groups attached to an aromatic ring is 1.